The van der Waals surface area contributed by atoms with Crippen LogP contribution in [0.15, 0.2) is 47.0 Å². The monoisotopic (exact) mass is 287 g/mol. The van der Waals surface area contributed by atoms with Gasteiger partial charge in [-0.15, -0.1) is 0 Å². The first-order chi connectivity index (χ1) is 9.65. The number of benzene rings is 2. The summed E-state index contributed by atoms with van der Waals surface area (Å²) < 4.78 is 5.16. The van der Waals surface area contributed by atoms with Crippen molar-refractivity contribution in [2.45, 2.75) is 0 Å². The fourth-order valence-corrected chi connectivity index (χ4v) is 1.91. The number of nitrogens with two attached hydrogens (primary N) is 1. The van der Waals surface area contributed by atoms with Crippen molar-refractivity contribution in [3.63, 3.8) is 0 Å². The van der Waals surface area contributed by atoms with Gasteiger partial charge >= 0.3 is 0 Å². The van der Waals surface area contributed by atoms with Crippen LogP contribution in [0.3, 0.4) is 0 Å². The van der Waals surface area contributed by atoms with Gasteiger partial charge in [-0.25, -0.2) is 0 Å². The van der Waals surface area contributed by atoms with Gasteiger partial charge in [-0.1, -0.05) is 22.8 Å². The molecular weight excluding hydrogens is 278 g/mol. The van der Waals surface area contributed by atoms with Crippen LogP contribution in [0.4, 0.5) is 5.69 Å². The van der Waals surface area contributed by atoms with Crippen molar-refractivity contribution < 1.29 is 9.63 Å². The van der Waals surface area contributed by atoms with E-state index in [1.54, 1.807) is 42.5 Å². The second-order valence-electron chi connectivity index (χ2n) is 4.17. The molecule has 0 radical (unpaired) electrons. The van der Waals surface area contributed by atoms with Gasteiger partial charge in [0.2, 0.25) is 5.82 Å². The average Bonchev–Trinajstić information content (AvgIpc) is 2.92. The van der Waals surface area contributed by atoms with E-state index in [0.29, 0.717) is 16.4 Å². The molecule has 3 N–H and O–H groups in total. The highest BCUT2D eigenvalue weighted by atomic mass is 35.5. The third kappa shape index (κ3) is 2.19. The van der Waals surface area contributed by atoms with Crippen LogP contribution < -0.4 is 5.73 Å². The summed E-state index contributed by atoms with van der Waals surface area (Å²) in [6.07, 6.45) is 0. The van der Waals surface area contributed by atoms with Crippen LogP contribution >= 0.6 is 11.6 Å². The summed E-state index contributed by atoms with van der Waals surface area (Å²) in [7, 11) is 0. The SMILES string of the molecule is Nc1cccc(-c2nc(-c3ccc(Cl)cc3)no2)c1O. The molecule has 0 spiro atoms. The summed E-state index contributed by atoms with van der Waals surface area (Å²) in [6, 6.07) is 12.0. The maximum atomic E-state index is 9.90. The van der Waals surface area contributed by atoms with Gasteiger partial charge in [0.1, 0.15) is 0 Å². The quantitative estimate of drug-likeness (QED) is 0.558. The summed E-state index contributed by atoms with van der Waals surface area (Å²) in [5.74, 6) is 0.553. The molecule has 0 aliphatic carbocycles. The van der Waals surface area contributed by atoms with Crippen molar-refractivity contribution in [1.29, 1.82) is 0 Å². The van der Waals surface area contributed by atoms with Gasteiger partial charge in [0.15, 0.2) is 5.75 Å². The van der Waals surface area contributed by atoms with Crippen molar-refractivity contribution in [2.75, 3.05) is 5.73 Å². The molecule has 5 nitrogen and oxygen atoms in total. The zero-order valence-corrected chi connectivity index (χ0v) is 11.0. The first-order valence-corrected chi connectivity index (χ1v) is 6.20. The number of aromatic hydroxyl groups is 1. The summed E-state index contributed by atoms with van der Waals surface area (Å²) in [5.41, 5.74) is 7.07. The molecule has 3 aromatic rings. The van der Waals surface area contributed by atoms with Gasteiger partial charge < -0.3 is 15.4 Å². The minimum absolute atomic E-state index is 0.0705. The molecule has 20 heavy (non-hydrogen) atoms. The third-order valence-electron chi connectivity index (χ3n) is 2.83. The number of phenolic OH excluding ortho intramolecular Hbond substituents is 1. The van der Waals surface area contributed by atoms with Gasteiger partial charge in [-0.3, -0.25) is 0 Å². The number of anilines is 1. The maximum absolute atomic E-state index is 9.90. The lowest BCUT2D eigenvalue weighted by Gasteiger charge is -2.01. The summed E-state index contributed by atoms with van der Waals surface area (Å²) in [6.45, 7) is 0. The van der Waals surface area contributed by atoms with Crippen molar-refractivity contribution in [3.05, 3.63) is 47.5 Å². The van der Waals surface area contributed by atoms with E-state index >= 15 is 0 Å². The summed E-state index contributed by atoms with van der Waals surface area (Å²) >= 11 is 5.83. The number of nitrogen functional groups attached to an aromatic ring is 1. The van der Waals surface area contributed by atoms with Gasteiger partial charge in [-0.2, -0.15) is 4.98 Å². The Morgan fingerprint density at radius 2 is 1.85 bits per heavy atom. The average molecular weight is 288 g/mol. The van der Waals surface area contributed by atoms with E-state index in [-0.39, 0.29) is 17.3 Å². The van der Waals surface area contributed by atoms with Crippen LogP contribution in [0, 0.1) is 0 Å². The largest absolute Gasteiger partial charge is 0.505 e. The Balaban J connectivity index is 2.02. The van der Waals surface area contributed by atoms with Crippen molar-refractivity contribution in [1.82, 2.24) is 10.1 Å². The molecule has 0 aliphatic rings. The number of hydrogen-bond donors (Lipinski definition) is 2. The Hall–Kier alpha value is -2.53. The molecule has 100 valence electrons. The van der Waals surface area contributed by atoms with E-state index < -0.39 is 0 Å². The second kappa shape index (κ2) is 4.86. The molecule has 0 aliphatic heterocycles. The zero-order chi connectivity index (χ0) is 14.1. The molecule has 0 unspecified atom stereocenters. The maximum Gasteiger partial charge on any atom is 0.262 e. The van der Waals surface area contributed by atoms with Crippen LogP contribution in [0.1, 0.15) is 0 Å². The standard InChI is InChI=1S/C14H10ClN3O2/c15-9-6-4-8(5-7-9)13-17-14(20-18-13)10-2-1-3-11(16)12(10)19/h1-7,19H,16H2. The number of halogens is 1. The van der Waals surface area contributed by atoms with Gasteiger partial charge in [0.05, 0.1) is 11.3 Å². The van der Waals surface area contributed by atoms with E-state index in [1.807, 2.05) is 0 Å². The first kappa shape index (κ1) is 12.5. The predicted molar refractivity (Wildman–Crippen MR) is 76.3 cm³/mol. The van der Waals surface area contributed by atoms with E-state index in [4.69, 9.17) is 21.9 Å². The Kier molecular flexibility index (Phi) is 3.04. The van der Waals surface area contributed by atoms with E-state index in [0.717, 1.165) is 5.56 Å². The molecule has 1 heterocycles. The summed E-state index contributed by atoms with van der Waals surface area (Å²) in [5, 5.41) is 14.4. The topological polar surface area (TPSA) is 85.2 Å². The number of nitrogens with zero attached hydrogens (tertiary/aromatic N) is 2. The van der Waals surface area contributed by atoms with Crippen LogP contribution in [0.25, 0.3) is 22.8 Å². The van der Waals surface area contributed by atoms with Crippen LogP contribution in [-0.2, 0) is 0 Å². The fourth-order valence-electron chi connectivity index (χ4n) is 1.78. The van der Waals surface area contributed by atoms with Gasteiger partial charge in [0.25, 0.3) is 5.89 Å². The smallest absolute Gasteiger partial charge is 0.262 e. The Bertz CT molecular complexity index is 753. The minimum Gasteiger partial charge on any atom is -0.505 e. The minimum atomic E-state index is -0.0705. The molecule has 0 saturated heterocycles. The molecule has 6 heteroatoms. The van der Waals surface area contributed by atoms with Crippen LogP contribution in [-0.4, -0.2) is 15.2 Å². The van der Waals surface area contributed by atoms with Crippen molar-refractivity contribution in [3.8, 4) is 28.6 Å². The lowest BCUT2D eigenvalue weighted by Crippen LogP contribution is -1.88. The van der Waals surface area contributed by atoms with E-state index in [2.05, 4.69) is 10.1 Å². The van der Waals surface area contributed by atoms with Gasteiger partial charge in [0, 0.05) is 10.6 Å². The molecule has 0 fully saturated rings. The Labute approximate surface area is 119 Å². The third-order valence-corrected chi connectivity index (χ3v) is 3.08. The zero-order valence-electron chi connectivity index (χ0n) is 10.2. The Morgan fingerprint density at radius 1 is 1.10 bits per heavy atom. The molecule has 1 aromatic heterocycles. The van der Waals surface area contributed by atoms with E-state index in [9.17, 15) is 5.11 Å². The lowest BCUT2D eigenvalue weighted by molar-refractivity contribution is 0.426. The lowest BCUT2D eigenvalue weighted by atomic mass is 10.1. The highest BCUT2D eigenvalue weighted by molar-refractivity contribution is 6.30. The molecular formula is C14H10ClN3O2. The molecule has 3 rings (SSSR count). The first-order valence-electron chi connectivity index (χ1n) is 5.82. The summed E-state index contributed by atoms with van der Waals surface area (Å²) in [4.78, 5) is 4.25. The van der Waals surface area contributed by atoms with Crippen LogP contribution in [0.5, 0.6) is 5.75 Å². The van der Waals surface area contributed by atoms with Gasteiger partial charge in [-0.05, 0) is 36.4 Å². The van der Waals surface area contributed by atoms with Crippen LogP contribution in [0.2, 0.25) is 5.02 Å². The number of aromatic nitrogens is 2. The van der Waals surface area contributed by atoms with Crippen molar-refractivity contribution >= 4 is 17.3 Å². The number of hydrogen-bond acceptors (Lipinski definition) is 5. The van der Waals surface area contributed by atoms with E-state index in [1.165, 1.54) is 0 Å². The number of phenols is 1. The molecule has 2 aromatic carbocycles. The number of rotatable bonds is 2. The molecule has 0 atom stereocenters. The fraction of sp³-hybridized carbons (Fsp3) is 0. The molecule has 0 saturated carbocycles. The predicted octanol–water partition coefficient (Wildman–Crippen LogP) is 3.34. The van der Waals surface area contributed by atoms with Crippen molar-refractivity contribution in [2.24, 2.45) is 0 Å². The number of para-hydroxylation sites is 1. The molecule has 0 amide bonds. The molecule has 0 bridgehead atoms. The Morgan fingerprint density at radius 3 is 2.60 bits per heavy atom. The highest BCUT2D eigenvalue weighted by Crippen LogP contribution is 2.33. The normalized spacial score (nSPS) is 10.7. The highest BCUT2D eigenvalue weighted by Gasteiger charge is 2.15. The second-order valence-corrected chi connectivity index (χ2v) is 4.61.